The monoisotopic (exact) mass is 457 g/mol. The summed E-state index contributed by atoms with van der Waals surface area (Å²) >= 11 is 2.58. The number of pyridine rings is 2. The van der Waals surface area contributed by atoms with Crippen molar-refractivity contribution in [1.82, 2.24) is 29.1 Å². The predicted molar refractivity (Wildman–Crippen MR) is 116 cm³/mol. The van der Waals surface area contributed by atoms with Crippen LogP contribution in [0.2, 0.25) is 0 Å². The van der Waals surface area contributed by atoms with Gasteiger partial charge in [0, 0.05) is 46.8 Å². The average Bonchev–Trinajstić information content (AvgIpc) is 3.40. The highest BCUT2D eigenvalue weighted by Gasteiger charge is 2.16. The second-order valence-electron chi connectivity index (χ2n) is 6.44. The summed E-state index contributed by atoms with van der Waals surface area (Å²) in [7, 11) is 1.80. The van der Waals surface area contributed by atoms with E-state index in [1.54, 1.807) is 36.5 Å². The summed E-state index contributed by atoms with van der Waals surface area (Å²) in [4.78, 5) is 14.9. The first kappa shape index (κ1) is 21.2. The number of aromatic nitrogens is 6. The molecule has 4 rings (SSSR count). The molecule has 4 aromatic heterocycles. The number of aliphatic hydroxyl groups is 2. The maximum Gasteiger partial charge on any atom is 0.208 e. The molecule has 31 heavy (non-hydrogen) atoms. The number of hydrogen-bond acceptors (Lipinski definition) is 11. The molecular weight excluding hydrogens is 438 g/mol. The van der Waals surface area contributed by atoms with Gasteiger partial charge in [-0.25, -0.2) is 9.97 Å². The van der Waals surface area contributed by atoms with Gasteiger partial charge in [0.05, 0.1) is 24.7 Å². The maximum absolute atomic E-state index is 9.71. The zero-order chi connectivity index (χ0) is 21.8. The van der Waals surface area contributed by atoms with Crippen molar-refractivity contribution in [2.75, 3.05) is 11.9 Å². The number of aliphatic hydroxyl groups excluding tert-OH is 2. The molecule has 0 unspecified atom stereocenters. The quantitative estimate of drug-likeness (QED) is 0.363. The van der Waals surface area contributed by atoms with Gasteiger partial charge in [-0.2, -0.15) is 9.47 Å². The van der Waals surface area contributed by atoms with Gasteiger partial charge in [0.2, 0.25) is 5.13 Å². The van der Waals surface area contributed by atoms with E-state index < -0.39 is 12.7 Å². The van der Waals surface area contributed by atoms with E-state index in [2.05, 4.69) is 29.7 Å². The van der Waals surface area contributed by atoms with Crippen molar-refractivity contribution in [1.29, 1.82) is 0 Å². The third-order valence-corrected chi connectivity index (χ3v) is 5.82. The minimum Gasteiger partial charge on any atom is -0.450 e. The van der Waals surface area contributed by atoms with E-state index >= 15 is 0 Å². The fourth-order valence-corrected chi connectivity index (χ4v) is 4.03. The number of rotatable bonds is 8. The molecule has 0 aliphatic carbocycles. The number of ether oxygens (including phenoxy) is 1. The van der Waals surface area contributed by atoms with E-state index in [-0.39, 0.29) is 5.82 Å². The molecule has 0 saturated heterocycles. The van der Waals surface area contributed by atoms with Crippen molar-refractivity contribution in [3.8, 4) is 11.5 Å². The van der Waals surface area contributed by atoms with E-state index in [9.17, 15) is 5.11 Å². The van der Waals surface area contributed by atoms with Crippen molar-refractivity contribution in [3.63, 3.8) is 0 Å². The molecule has 160 valence electrons. The molecule has 0 fully saturated rings. The highest BCUT2D eigenvalue weighted by atomic mass is 32.2. The zero-order valence-electron chi connectivity index (χ0n) is 16.6. The molecule has 3 N–H and O–H groups in total. The van der Waals surface area contributed by atoms with Crippen LogP contribution in [0.15, 0.2) is 52.8 Å². The summed E-state index contributed by atoms with van der Waals surface area (Å²) in [6.07, 6.45) is 5.70. The lowest BCUT2D eigenvalue weighted by molar-refractivity contribution is 0.0897. The first-order chi connectivity index (χ1) is 15.0. The molecule has 1 atom stereocenters. The van der Waals surface area contributed by atoms with Gasteiger partial charge in [-0.15, -0.1) is 0 Å². The lowest BCUT2D eigenvalue weighted by Crippen LogP contribution is -2.04. The van der Waals surface area contributed by atoms with Crippen molar-refractivity contribution in [2.45, 2.75) is 22.8 Å². The van der Waals surface area contributed by atoms with Gasteiger partial charge in [-0.3, -0.25) is 9.67 Å². The normalized spacial score (nSPS) is 12.0. The predicted octanol–water partition coefficient (Wildman–Crippen LogP) is 3.08. The number of nitrogens with zero attached hydrogens (tertiary/aromatic N) is 6. The second-order valence-corrected chi connectivity index (χ2v) is 8.31. The fourth-order valence-electron chi connectivity index (χ4n) is 2.54. The van der Waals surface area contributed by atoms with Crippen molar-refractivity contribution < 1.29 is 14.9 Å². The summed E-state index contributed by atoms with van der Waals surface area (Å²) < 4.78 is 11.7. The van der Waals surface area contributed by atoms with E-state index in [0.29, 0.717) is 22.4 Å². The summed E-state index contributed by atoms with van der Waals surface area (Å²) in [6, 6.07) is 5.75. The Labute approximate surface area is 186 Å². The lowest BCUT2D eigenvalue weighted by atomic mass is 10.4. The van der Waals surface area contributed by atoms with Crippen LogP contribution in [0.1, 0.15) is 17.6 Å². The van der Waals surface area contributed by atoms with Crippen LogP contribution in [0, 0.1) is 6.92 Å². The number of aryl methyl sites for hydroxylation is 2. The van der Waals surface area contributed by atoms with Gasteiger partial charge < -0.3 is 20.3 Å². The minimum absolute atomic E-state index is 0.143. The fraction of sp³-hybridized carbons (Fsp3) is 0.211. The molecule has 0 bridgehead atoms. The lowest BCUT2D eigenvalue weighted by Gasteiger charge is -2.11. The highest BCUT2D eigenvalue weighted by Crippen LogP contribution is 2.36. The average molecular weight is 458 g/mol. The molecule has 4 heterocycles. The van der Waals surface area contributed by atoms with E-state index in [1.807, 2.05) is 25.1 Å². The van der Waals surface area contributed by atoms with Crippen LogP contribution in [0.5, 0.6) is 11.5 Å². The Hall–Kier alpha value is -3.06. The van der Waals surface area contributed by atoms with Gasteiger partial charge in [-0.1, -0.05) is 11.8 Å². The molecule has 0 aliphatic rings. The largest absolute Gasteiger partial charge is 0.450 e. The van der Waals surface area contributed by atoms with Crippen molar-refractivity contribution in [2.24, 2.45) is 7.05 Å². The molecule has 0 aliphatic heterocycles. The molecule has 0 radical (unpaired) electrons. The highest BCUT2D eigenvalue weighted by molar-refractivity contribution is 7.99. The van der Waals surface area contributed by atoms with Crippen molar-refractivity contribution >= 4 is 34.2 Å². The molecule has 4 aromatic rings. The van der Waals surface area contributed by atoms with Crippen LogP contribution in [-0.2, 0) is 7.05 Å². The molecular formula is C19H19N7O3S2. The SMILES string of the molecule is Cc1ncccc1Sc1cnc(Nc2nc([C@H](O)CO)ns2)c(Oc2cnn(C)c2)c1. The summed E-state index contributed by atoms with van der Waals surface area (Å²) in [5.74, 6) is 1.60. The standard InChI is InChI=1S/C19H19N7O3S2/c1-11-16(4-3-5-20-11)30-13-6-15(29-12-7-22-26(2)9-12)18(21-8-13)24-19-23-17(25-31-19)14(28)10-27/h3-9,14,27-28H,10H2,1-2H3,(H,21,23,24,25)/t14-/m1/s1. The molecule has 12 heteroatoms. The smallest absolute Gasteiger partial charge is 0.208 e. The van der Waals surface area contributed by atoms with Crippen LogP contribution >= 0.6 is 23.3 Å². The Balaban J connectivity index is 1.63. The second kappa shape index (κ2) is 9.39. The van der Waals surface area contributed by atoms with E-state index in [1.165, 1.54) is 11.8 Å². The molecule has 0 saturated carbocycles. The Morgan fingerprint density at radius 3 is 2.94 bits per heavy atom. The van der Waals surface area contributed by atoms with Crippen LogP contribution < -0.4 is 10.1 Å². The van der Waals surface area contributed by atoms with Gasteiger partial charge in [0.15, 0.2) is 23.1 Å². The minimum atomic E-state index is -1.13. The first-order valence-electron chi connectivity index (χ1n) is 9.17. The summed E-state index contributed by atoms with van der Waals surface area (Å²) in [6.45, 7) is 1.50. The molecule has 0 spiro atoms. The van der Waals surface area contributed by atoms with E-state index in [0.717, 1.165) is 27.0 Å². The topological polar surface area (TPSA) is 131 Å². The Morgan fingerprint density at radius 1 is 1.32 bits per heavy atom. The Kier molecular flexibility index (Phi) is 6.42. The third kappa shape index (κ3) is 5.17. The summed E-state index contributed by atoms with van der Waals surface area (Å²) in [5, 5.41) is 26.4. The molecule has 0 amide bonds. The third-order valence-electron chi connectivity index (χ3n) is 4.06. The van der Waals surface area contributed by atoms with Gasteiger partial charge in [0.1, 0.15) is 6.10 Å². The summed E-state index contributed by atoms with van der Waals surface area (Å²) in [5.41, 5.74) is 0.924. The van der Waals surface area contributed by atoms with Gasteiger partial charge in [0.25, 0.3) is 0 Å². The zero-order valence-corrected chi connectivity index (χ0v) is 18.3. The molecule has 10 nitrogen and oxygen atoms in total. The maximum atomic E-state index is 9.71. The van der Waals surface area contributed by atoms with E-state index in [4.69, 9.17) is 9.84 Å². The number of nitrogens with one attached hydrogen (secondary N) is 1. The van der Waals surface area contributed by atoms with Gasteiger partial charge >= 0.3 is 0 Å². The number of hydrogen-bond donors (Lipinski definition) is 3. The Bertz CT molecular complexity index is 1180. The number of anilines is 2. The van der Waals surface area contributed by atoms with Crippen molar-refractivity contribution in [3.05, 3.63) is 54.5 Å². The van der Waals surface area contributed by atoms with Gasteiger partial charge in [-0.05, 0) is 19.1 Å². The van der Waals surface area contributed by atoms with Crippen LogP contribution in [0.25, 0.3) is 0 Å². The first-order valence-corrected chi connectivity index (χ1v) is 10.8. The van der Waals surface area contributed by atoms with Crippen LogP contribution in [0.4, 0.5) is 10.9 Å². The Morgan fingerprint density at radius 2 is 2.19 bits per heavy atom. The molecule has 0 aromatic carbocycles. The van der Waals surface area contributed by atoms with Crippen LogP contribution in [-0.4, -0.2) is 45.9 Å². The van der Waals surface area contributed by atoms with Crippen LogP contribution in [0.3, 0.4) is 0 Å².